The van der Waals surface area contributed by atoms with E-state index in [1.165, 1.54) is 0 Å². The average Bonchev–Trinajstić information content (AvgIpc) is 2.34. The van der Waals surface area contributed by atoms with Crippen LogP contribution in [-0.4, -0.2) is 68.1 Å². The summed E-state index contributed by atoms with van der Waals surface area (Å²) in [7, 11) is 0. The number of hydrogen-bond donors (Lipinski definition) is 2. The monoisotopic (exact) mass is 298 g/mol. The van der Waals surface area contributed by atoms with Crippen LogP contribution in [0.2, 0.25) is 0 Å². The first-order valence-corrected chi connectivity index (χ1v) is 6.66. The van der Waals surface area contributed by atoms with Crippen LogP contribution in [0, 0.1) is 5.92 Å². The van der Waals surface area contributed by atoms with E-state index in [4.69, 9.17) is 5.11 Å². The molecule has 1 atom stereocenters. The van der Waals surface area contributed by atoms with Crippen molar-refractivity contribution < 1.29 is 27.8 Å². The summed E-state index contributed by atoms with van der Waals surface area (Å²) in [6, 6.07) is 0. The van der Waals surface area contributed by atoms with Gasteiger partial charge < -0.3 is 20.1 Å². The molecule has 0 aromatic carbocycles. The molecule has 1 unspecified atom stereocenters. The van der Waals surface area contributed by atoms with Gasteiger partial charge in [0.25, 0.3) is 0 Å². The van der Waals surface area contributed by atoms with Crippen molar-refractivity contribution in [3.05, 3.63) is 0 Å². The fourth-order valence-electron chi connectivity index (χ4n) is 2.29. The molecule has 1 aliphatic rings. The van der Waals surface area contributed by atoms with E-state index >= 15 is 0 Å². The molecule has 0 amide bonds. The molecule has 1 rings (SSSR count). The molecule has 0 bridgehead atoms. The van der Waals surface area contributed by atoms with Gasteiger partial charge in [0.05, 0.1) is 13.2 Å². The Bertz CT molecular complexity index is 300. The maximum absolute atomic E-state index is 11.9. The number of nitrogens with one attached hydrogen (secondary N) is 1. The van der Waals surface area contributed by atoms with E-state index in [0.717, 1.165) is 25.9 Å². The van der Waals surface area contributed by atoms with Gasteiger partial charge in [-0.1, -0.05) is 0 Å². The van der Waals surface area contributed by atoms with Gasteiger partial charge in [0.1, 0.15) is 6.61 Å². The predicted molar refractivity (Wildman–Crippen MR) is 66.5 cm³/mol. The number of nitrogens with zero attached hydrogens (tertiary/aromatic N) is 1. The standard InChI is InChI=1S/C12H21F3N2O3/c13-12(14,15)9-20-5-4-17-3-1-2-10(8-17)6-16-7-11(18)19/h10,16H,1-9H2,(H,18,19). The van der Waals surface area contributed by atoms with Crippen molar-refractivity contribution in [1.82, 2.24) is 10.2 Å². The second-order valence-electron chi connectivity index (χ2n) is 5.00. The minimum Gasteiger partial charge on any atom is -0.480 e. The van der Waals surface area contributed by atoms with Crippen molar-refractivity contribution in [3.8, 4) is 0 Å². The largest absolute Gasteiger partial charge is 0.480 e. The molecule has 0 radical (unpaired) electrons. The Morgan fingerprint density at radius 3 is 2.85 bits per heavy atom. The first kappa shape index (κ1) is 17.2. The second-order valence-corrected chi connectivity index (χ2v) is 5.00. The lowest BCUT2D eigenvalue weighted by molar-refractivity contribution is -0.174. The highest BCUT2D eigenvalue weighted by Gasteiger charge is 2.27. The Kier molecular flexibility index (Phi) is 7.25. The number of carbonyl (C=O) groups is 1. The number of hydrogen-bond acceptors (Lipinski definition) is 4. The zero-order valence-electron chi connectivity index (χ0n) is 11.3. The van der Waals surface area contributed by atoms with Crippen molar-refractivity contribution in [1.29, 1.82) is 0 Å². The number of carboxylic acid groups (broad SMARTS) is 1. The summed E-state index contributed by atoms with van der Waals surface area (Å²) >= 11 is 0. The Morgan fingerprint density at radius 1 is 1.45 bits per heavy atom. The van der Waals surface area contributed by atoms with E-state index in [0.29, 0.717) is 19.0 Å². The van der Waals surface area contributed by atoms with Crippen molar-refractivity contribution in [3.63, 3.8) is 0 Å². The number of likely N-dealkylation sites (tertiary alicyclic amines) is 1. The summed E-state index contributed by atoms with van der Waals surface area (Å²) in [5.74, 6) is -0.552. The van der Waals surface area contributed by atoms with Crippen molar-refractivity contribution in [2.75, 3.05) is 45.9 Å². The maximum Gasteiger partial charge on any atom is 0.411 e. The number of aliphatic carboxylic acids is 1. The summed E-state index contributed by atoms with van der Waals surface area (Å²) in [5.41, 5.74) is 0. The molecule has 1 aliphatic heterocycles. The topological polar surface area (TPSA) is 61.8 Å². The van der Waals surface area contributed by atoms with Gasteiger partial charge in [-0.3, -0.25) is 4.79 Å². The van der Waals surface area contributed by atoms with Crippen LogP contribution >= 0.6 is 0 Å². The normalized spacial score (nSPS) is 21.1. The van der Waals surface area contributed by atoms with Gasteiger partial charge in [0.15, 0.2) is 0 Å². The SMILES string of the molecule is O=C(O)CNCC1CCCN(CCOCC(F)(F)F)C1. The summed E-state index contributed by atoms with van der Waals surface area (Å²) in [6.45, 7) is 1.51. The van der Waals surface area contributed by atoms with Gasteiger partial charge in [0.2, 0.25) is 0 Å². The number of piperidine rings is 1. The molecule has 5 nitrogen and oxygen atoms in total. The molecule has 0 saturated carbocycles. The lowest BCUT2D eigenvalue weighted by Crippen LogP contribution is -2.42. The Labute approximate surface area is 116 Å². The van der Waals surface area contributed by atoms with E-state index in [1.54, 1.807) is 0 Å². The van der Waals surface area contributed by atoms with Gasteiger partial charge >= 0.3 is 12.1 Å². The molecular formula is C12H21F3N2O3. The molecule has 0 spiro atoms. The zero-order valence-corrected chi connectivity index (χ0v) is 11.3. The molecule has 20 heavy (non-hydrogen) atoms. The van der Waals surface area contributed by atoms with Gasteiger partial charge in [0, 0.05) is 13.1 Å². The number of rotatable bonds is 8. The molecule has 2 N–H and O–H groups in total. The Hall–Kier alpha value is -0.860. The van der Waals surface area contributed by atoms with Crippen LogP contribution < -0.4 is 5.32 Å². The molecule has 1 heterocycles. The molecule has 118 valence electrons. The summed E-state index contributed by atoms with van der Waals surface area (Å²) in [4.78, 5) is 12.4. The van der Waals surface area contributed by atoms with Crippen molar-refractivity contribution in [2.45, 2.75) is 19.0 Å². The molecule has 0 aliphatic carbocycles. The van der Waals surface area contributed by atoms with E-state index in [-0.39, 0.29) is 13.2 Å². The van der Waals surface area contributed by atoms with Crippen LogP contribution in [0.5, 0.6) is 0 Å². The highest BCUT2D eigenvalue weighted by atomic mass is 19.4. The van der Waals surface area contributed by atoms with Crippen LogP contribution in [0.3, 0.4) is 0 Å². The predicted octanol–water partition coefficient (Wildman–Crippen LogP) is 0.951. The van der Waals surface area contributed by atoms with Gasteiger partial charge in [-0.05, 0) is 31.8 Å². The average molecular weight is 298 g/mol. The fraction of sp³-hybridized carbons (Fsp3) is 0.917. The highest BCUT2D eigenvalue weighted by molar-refractivity contribution is 5.68. The van der Waals surface area contributed by atoms with Gasteiger partial charge in [-0.2, -0.15) is 13.2 Å². The number of halogens is 3. The highest BCUT2D eigenvalue weighted by Crippen LogP contribution is 2.16. The first-order valence-electron chi connectivity index (χ1n) is 6.66. The molecule has 0 aromatic heterocycles. The van der Waals surface area contributed by atoms with E-state index < -0.39 is 18.8 Å². The second kappa shape index (κ2) is 8.43. The first-order chi connectivity index (χ1) is 9.37. The summed E-state index contributed by atoms with van der Waals surface area (Å²) < 4.78 is 40.3. The van der Waals surface area contributed by atoms with Crippen LogP contribution in [0.25, 0.3) is 0 Å². The molecular weight excluding hydrogens is 277 g/mol. The summed E-state index contributed by atoms with van der Waals surface area (Å²) in [5, 5.41) is 11.4. The molecule has 8 heteroatoms. The number of carboxylic acids is 1. The number of ether oxygens (including phenoxy) is 1. The van der Waals surface area contributed by atoms with Crippen LogP contribution in [0.1, 0.15) is 12.8 Å². The fourth-order valence-corrected chi connectivity index (χ4v) is 2.29. The van der Waals surface area contributed by atoms with E-state index in [9.17, 15) is 18.0 Å². The third-order valence-electron chi connectivity index (χ3n) is 3.13. The van der Waals surface area contributed by atoms with Gasteiger partial charge in [-0.25, -0.2) is 0 Å². The van der Waals surface area contributed by atoms with E-state index in [2.05, 4.69) is 15.0 Å². The van der Waals surface area contributed by atoms with E-state index in [1.807, 2.05) is 0 Å². The van der Waals surface area contributed by atoms with Crippen LogP contribution in [-0.2, 0) is 9.53 Å². The Balaban J connectivity index is 2.12. The lowest BCUT2D eigenvalue weighted by Gasteiger charge is -2.32. The minimum atomic E-state index is -4.27. The van der Waals surface area contributed by atoms with Crippen molar-refractivity contribution >= 4 is 5.97 Å². The zero-order chi connectivity index (χ0) is 15.0. The van der Waals surface area contributed by atoms with Gasteiger partial charge in [-0.15, -0.1) is 0 Å². The lowest BCUT2D eigenvalue weighted by atomic mass is 9.98. The molecule has 1 fully saturated rings. The van der Waals surface area contributed by atoms with Crippen molar-refractivity contribution in [2.24, 2.45) is 5.92 Å². The summed E-state index contributed by atoms with van der Waals surface area (Å²) in [6.07, 6.45) is -2.30. The molecule has 1 saturated heterocycles. The third kappa shape index (κ3) is 8.34. The maximum atomic E-state index is 11.9. The minimum absolute atomic E-state index is 0.0643. The quantitative estimate of drug-likeness (QED) is 0.653. The molecule has 0 aromatic rings. The smallest absolute Gasteiger partial charge is 0.411 e. The third-order valence-corrected chi connectivity index (χ3v) is 3.13. The number of alkyl halides is 3. The van der Waals surface area contributed by atoms with Crippen LogP contribution in [0.4, 0.5) is 13.2 Å². The Morgan fingerprint density at radius 2 is 2.20 bits per heavy atom. The van der Waals surface area contributed by atoms with Crippen LogP contribution in [0.15, 0.2) is 0 Å².